The zero-order chi connectivity index (χ0) is 12.8. The molecule has 96 valence electrons. The lowest BCUT2D eigenvalue weighted by Gasteiger charge is -2.11. The highest BCUT2D eigenvalue weighted by atomic mass is 16.5. The van der Waals surface area contributed by atoms with Gasteiger partial charge in [0.15, 0.2) is 6.61 Å². The van der Waals surface area contributed by atoms with Crippen LogP contribution in [0.5, 0.6) is 11.5 Å². The van der Waals surface area contributed by atoms with Gasteiger partial charge in [0.05, 0.1) is 7.11 Å². The highest BCUT2D eigenvalue weighted by molar-refractivity contribution is 5.40. The highest BCUT2D eigenvalue weighted by Crippen LogP contribution is 2.25. The third-order valence-electron chi connectivity index (χ3n) is 2.45. The molecule has 0 amide bonds. The summed E-state index contributed by atoms with van der Waals surface area (Å²) in [7, 11) is 1.63. The summed E-state index contributed by atoms with van der Waals surface area (Å²) < 4.78 is 15.4. The zero-order valence-electron chi connectivity index (χ0n) is 10.1. The van der Waals surface area contributed by atoms with Crippen molar-refractivity contribution in [2.24, 2.45) is 5.73 Å². The molecule has 1 aromatic heterocycles. The second-order valence-corrected chi connectivity index (χ2v) is 3.65. The van der Waals surface area contributed by atoms with E-state index in [1.54, 1.807) is 7.11 Å². The predicted octanol–water partition coefficient (Wildman–Crippen LogP) is 1.16. The van der Waals surface area contributed by atoms with Crippen molar-refractivity contribution in [3.8, 4) is 11.5 Å². The molecule has 6 heteroatoms. The second-order valence-electron chi connectivity index (χ2n) is 3.65. The summed E-state index contributed by atoms with van der Waals surface area (Å²) in [5.74, 6) is 2.04. The van der Waals surface area contributed by atoms with Crippen molar-refractivity contribution < 1.29 is 14.0 Å². The molecule has 0 radical (unpaired) electrons. The molecule has 18 heavy (non-hydrogen) atoms. The Morgan fingerprint density at radius 2 is 2.28 bits per heavy atom. The van der Waals surface area contributed by atoms with Crippen LogP contribution < -0.4 is 15.2 Å². The molecule has 2 N–H and O–H groups in total. The molecule has 0 atom stereocenters. The number of hydrogen-bond acceptors (Lipinski definition) is 6. The van der Waals surface area contributed by atoms with Crippen LogP contribution in [0.1, 0.15) is 11.4 Å². The average Bonchev–Trinajstić information content (AvgIpc) is 2.90. The van der Waals surface area contributed by atoms with Gasteiger partial charge in [0.2, 0.25) is 12.2 Å². The van der Waals surface area contributed by atoms with Gasteiger partial charge in [0.25, 0.3) is 0 Å². The standard InChI is InChI=1S/C12H15N3O3/c1-16-10-2-3-11(9(6-10)4-5-13)17-7-12-14-8-18-15-12/h2-3,6,8H,4-5,7,13H2,1H3. The van der Waals surface area contributed by atoms with E-state index in [1.165, 1.54) is 6.39 Å². The van der Waals surface area contributed by atoms with Gasteiger partial charge < -0.3 is 19.7 Å². The van der Waals surface area contributed by atoms with E-state index in [0.717, 1.165) is 23.5 Å². The van der Waals surface area contributed by atoms with Gasteiger partial charge in [-0.15, -0.1) is 0 Å². The van der Waals surface area contributed by atoms with E-state index < -0.39 is 0 Å². The summed E-state index contributed by atoms with van der Waals surface area (Å²) in [4.78, 5) is 3.89. The smallest absolute Gasteiger partial charge is 0.213 e. The molecule has 0 spiro atoms. The maximum absolute atomic E-state index is 5.64. The number of aromatic nitrogens is 2. The average molecular weight is 249 g/mol. The molecule has 0 aliphatic heterocycles. The fraction of sp³-hybridized carbons (Fsp3) is 0.333. The first-order valence-corrected chi connectivity index (χ1v) is 5.58. The van der Waals surface area contributed by atoms with Crippen LogP contribution in [0.25, 0.3) is 0 Å². The summed E-state index contributed by atoms with van der Waals surface area (Å²) in [6.07, 6.45) is 1.99. The van der Waals surface area contributed by atoms with Crippen LogP contribution in [0, 0.1) is 0 Å². The van der Waals surface area contributed by atoms with Crippen LogP contribution in [0.4, 0.5) is 0 Å². The molecule has 0 saturated heterocycles. The van der Waals surface area contributed by atoms with Crippen molar-refractivity contribution in [3.05, 3.63) is 36.0 Å². The lowest BCUT2D eigenvalue weighted by molar-refractivity contribution is 0.283. The Morgan fingerprint density at radius 3 is 2.94 bits per heavy atom. The largest absolute Gasteiger partial charge is 0.497 e. The lowest BCUT2D eigenvalue weighted by atomic mass is 10.1. The molecule has 0 saturated carbocycles. The summed E-state index contributed by atoms with van der Waals surface area (Å²) in [5.41, 5.74) is 6.58. The first-order chi connectivity index (χ1) is 8.83. The molecule has 0 bridgehead atoms. The normalized spacial score (nSPS) is 10.3. The number of rotatable bonds is 6. The number of ether oxygens (including phenoxy) is 2. The van der Waals surface area contributed by atoms with Gasteiger partial charge in [-0.05, 0) is 36.7 Å². The molecule has 2 rings (SSSR count). The number of methoxy groups -OCH3 is 1. The fourth-order valence-electron chi connectivity index (χ4n) is 1.57. The van der Waals surface area contributed by atoms with Crippen LogP contribution in [-0.4, -0.2) is 23.8 Å². The Morgan fingerprint density at radius 1 is 1.39 bits per heavy atom. The third kappa shape index (κ3) is 2.98. The lowest BCUT2D eigenvalue weighted by Crippen LogP contribution is -2.06. The predicted molar refractivity (Wildman–Crippen MR) is 64.4 cm³/mol. The number of benzene rings is 1. The number of nitrogens with zero attached hydrogens (tertiary/aromatic N) is 2. The van der Waals surface area contributed by atoms with Gasteiger partial charge in [-0.3, -0.25) is 0 Å². The van der Waals surface area contributed by atoms with Gasteiger partial charge >= 0.3 is 0 Å². The van der Waals surface area contributed by atoms with Crippen LogP contribution >= 0.6 is 0 Å². The van der Waals surface area contributed by atoms with Gasteiger partial charge in [0, 0.05) is 0 Å². The summed E-state index contributed by atoms with van der Waals surface area (Å²) >= 11 is 0. The van der Waals surface area contributed by atoms with Crippen molar-refractivity contribution in [1.29, 1.82) is 0 Å². The van der Waals surface area contributed by atoms with Crippen LogP contribution in [0.2, 0.25) is 0 Å². The van der Waals surface area contributed by atoms with E-state index in [1.807, 2.05) is 18.2 Å². The van der Waals surface area contributed by atoms with Gasteiger partial charge in [-0.1, -0.05) is 5.16 Å². The molecule has 0 fully saturated rings. The quantitative estimate of drug-likeness (QED) is 0.827. The molecule has 6 nitrogen and oxygen atoms in total. The molecule has 2 aromatic rings. The molecular weight excluding hydrogens is 234 g/mol. The molecule has 0 unspecified atom stereocenters. The van der Waals surface area contributed by atoms with Crippen LogP contribution in [0.3, 0.4) is 0 Å². The highest BCUT2D eigenvalue weighted by Gasteiger charge is 2.07. The molecule has 0 aliphatic carbocycles. The third-order valence-corrected chi connectivity index (χ3v) is 2.45. The van der Waals surface area contributed by atoms with Crippen LogP contribution in [-0.2, 0) is 13.0 Å². The monoisotopic (exact) mass is 249 g/mol. The molecular formula is C12H15N3O3. The zero-order valence-corrected chi connectivity index (χ0v) is 10.1. The van der Waals surface area contributed by atoms with Crippen molar-refractivity contribution >= 4 is 0 Å². The number of nitrogens with two attached hydrogens (primary N) is 1. The SMILES string of the molecule is COc1ccc(OCc2ncon2)c(CCN)c1. The first-order valence-electron chi connectivity index (χ1n) is 5.58. The minimum atomic E-state index is 0.264. The van der Waals surface area contributed by atoms with Crippen molar-refractivity contribution in [3.63, 3.8) is 0 Å². The summed E-state index contributed by atoms with van der Waals surface area (Å²) in [5, 5.41) is 3.68. The van der Waals surface area contributed by atoms with Crippen molar-refractivity contribution in [2.75, 3.05) is 13.7 Å². The summed E-state index contributed by atoms with van der Waals surface area (Å²) in [6.45, 7) is 0.812. The molecule has 1 heterocycles. The van der Waals surface area contributed by atoms with Crippen molar-refractivity contribution in [2.45, 2.75) is 13.0 Å². The fourth-order valence-corrected chi connectivity index (χ4v) is 1.57. The summed E-state index contributed by atoms with van der Waals surface area (Å²) in [6, 6.07) is 5.61. The Kier molecular flexibility index (Phi) is 4.14. The van der Waals surface area contributed by atoms with Gasteiger partial charge in [-0.2, -0.15) is 4.98 Å². The Hall–Kier alpha value is -2.08. The molecule has 0 aliphatic rings. The van der Waals surface area contributed by atoms with E-state index in [2.05, 4.69) is 14.7 Å². The van der Waals surface area contributed by atoms with E-state index in [0.29, 0.717) is 12.4 Å². The maximum atomic E-state index is 5.64. The van der Waals surface area contributed by atoms with Crippen LogP contribution in [0.15, 0.2) is 29.1 Å². The minimum Gasteiger partial charge on any atom is -0.497 e. The van der Waals surface area contributed by atoms with Gasteiger partial charge in [0.1, 0.15) is 11.5 Å². The molecule has 1 aromatic carbocycles. The van der Waals surface area contributed by atoms with E-state index in [4.69, 9.17) is 15.2 Å². The first kappa shape index (κ1) is 12.4. The minimum absolute atomic E-state index is 0.264. The maximum Gasteiger partial charge on any atom is 0.213 e. The van der Waals surface area contributed by atoms with E-state index in [-0.39, 0.29) is 6.61 Å². The second kappa shape index (κ2) is 6.02. The Balaban J connectivity index is 2.10. The van der Waals surface area contributed by atoms with Crippen molar-refractivity contribution in [1.82, 2.24) is 10.1 Å². The van der Waals surface area contributed by atoms with E-state index in [9.17, 15) is 0 Å². The topological polar surface area (TPSA) is 83.4 Å². The Labute approximate surface area is 105 Å². The Bertz CT molecular complexity index is 485. The van der Waals surface area contributed by atoms with Gasteiger partial charge in [-0.25, -0.2) is 0 Å². The number of hydrogen-bond donors (Lipinski definition) is 1. The van der Waals surface area contributed by atoms with E-state index >= 15 is 0 Å².